The van der Waals surface area contributed by atoms with Gasteiger partial charge in [-0.15, -0.1) is 0 Å². The molecule has 19 heavy (non-hydrogen) atoms. The van der Waals surface area contributed by atoms with Crippen LogP contribution in [0.3, 0.4) is 0 Å². The Morgan fingerprint density at radius 3 is 2.79 bits per heavy atom. The average Bonchev–Trinajstić information content (AvgIpc) is 3.21. The third kappa shape index (κ3) is 5.19. The van der Waals surface area contributed by atoms with Gasteiger partial charge in [-0.3, -0.25) is 0 Å². The van der Waals surface area contributed by atoms with E-state index in [9.17, 15) is 0 Å². The van der Waals surface area contributed by atoms with Crippen LogP contribution in [0.5, 0.6) is 5.75 Å². The van der Waals surface area contributed by atoms with Crippen molar-refractivity contribution in [1.29, 1.82) is 0 Å². The van der Waals surface area contributed by atoms with Gasteiger partial charge in [-0.05, 0) is 30.5 Å². The molecule has 1 aromatic rings. The number of hydrogen-bond donors (Lipinski definition) is 1. The summed E-state index contributed by atoms with van der Waals surface area (Å²) in [7, 11) is 3.40. The zero-order chi connectivity index (χ0) is 13.5. The van der Waals surface area contributed by atoms with Crippen LogP contribution in [0.4, 0.5) is 0 Å². The zero-order valence-electron chi connectivity index (χ0n) is 11.7. The van der Waals surface area contributed by atoms with E-state index in [1.165, 1.54) is 12.8 Å². The summed E-state index contributed by atoms with van der Waals surface area (Å²) in [6, 6.07) is 8.69. The van der Waals surface area contributed by atoms with Gasteiger partial charge in [-0.25, -0.2) is 0 Å². The van der Waals surface area contributed by atoms with Gasteiger partial charge in [0.1, 0.15) is 11.9 Å². The Bertz CT molecular complexity index is 379. The van der Waals surface area contributed by atoms with Crippen molar-refractivity contribution in [2.45, 2.75) is 31.6 Å². The van der Waals surface area contributed by atoms with Crippen molar-refractivity contribution in [1.82, 2.24) is 5.32 Å². The van der Waals surface area contributed by atoms with Gasteiger partial charge in [0.2, 0.25) is 0 Å². The second kappa shape index (κ2) is 7.48. The Hall–Kier alpha value is -1.10. The fourth-order valence-electron chi connectivity index (χ4n) is 1.97. The maximum absolute atomic E-state index is 5.98. The standard InChI is InChI=1S/C15H23NO3/c1-17-10-12-4-3-5-14(8-12)19-15(11-18-2)9-16-13-6-7-13/h3-5,8,13,15-16H,6-7,9-11H2,1-2H3. The average molecular weight is 265 g/mol. The first-order chi connectivity index (χ1) is 9.31. The molecule has 0 amide bonds. The lowest BCUT2D eigenvalue weighted by Crippen LogP contribution is -2.35. The third-order valence-electron chi connectivity index (χ3n) is 3.08. The van der Waals surface area contributed by atoms with Crippen LogP contribution < -0.4 is 10.1 Å². The summed E-state index contributed by atoms with van der Waals surface area (Å²) in [6.07, 6.45) is 2.61. The van der Waals surface area contributed by atoms with Crippen LogP contribution in [-0.2, 0) is 16.1 Å². The fraction of sp³-hybridized carbons (Fsp3) is 0.600. The van der Waals surface area contributed by atoms with Gasteiger partial charge in [0.15, 0.2) is 0 Å². The zero-order valence-corrected chi connectivity index (χ0v) is 11.7. The lowest BCUT2D eigenvalue weighted by Gasteiger charge is -2.19. The second-order valence-electron chi connectivity index (χ2n) is 4.96. The van der Waals surface area contributed by atoms with Crippen molar-refractivity contribution < 1.29 is 14.2 Å². The van der Waals surface area contributed by atoms with Crippen molar-refractivity contribution in [3.05, 3.63) is 29.8 Å². The molecule has 4 nitrogen and oxygen atoms in total. The third-order valence-corrected chi connectivity index (χ3v) is 3.08. The smallest absolute Gasteiger partial charge is 0.134 e. The summed E-state index contributed by atoms with van der Waals surface area (Å²) in [5.74, 6) is 0.870. The van der Waals surface area contributed by atoms with Gasteiger partial charge >= 0.3 is 0 Å². The van der Waals surface area contributed by atoms with Crippen LogP contribution in [0.25, 0.3) is 0 Å². The van der Waals surface area contributed by atoms with E-state index in [-0.39, 0.29) is 6.10 Å². The molecule has 0 radical (unpaired) electrons. The molecule has 1 unspecified atom stereocenters. The molecule has 0 aromatic heterocycles. The Kier molecular flexibility index (Phi) is 5.63. The van der Waals surface area contributed by atoms with Crippen LogP contribution in [0.1, 0.15) is 18.4 Å². The summed E-state index contributed by atoms with van der Waals surface area (Å²) < 4.78 is 16.3. The first-order valence-corrected chi connectivity index (χ1v) is 6.78. The molecular weight excluding hydrogens is 242 g/mol. The molecule has 1 aliphatic carbocycles. The van der Waals surface area contributed by atoms with Gasteiger partial charge in [-0.2, -0.15) is 0 Å². The lowest BCUT2D eigenvalue weighted by molar-refractivity contribution is 0.0802. The number of ether oxygens (including phenoxy) is 3. The van der Waals surface area contributed by atoms with Crippen molar-refractivity contribution in [2.24, 2.45) is 0 Å². The highest BCUT2D eigenvalue weighted by Gasteiger charge is 2.22. The summed E-state index contributed by atoms with van der Waals surface area (Å²) in [5.41, 5.74) is 1.12. The topological polar surface area (TPSA) is 39.7 Å². The first kappa shape index (κ1) is 14.3. The van der Waals surface area contributed by atoms with Gasteiger partial charge in [0.25, 0.3) is 0 Å². The maximum Gasteiger partial charge on any atom is 0.134 e. The van der Waals surface area contributed by atoms with E-state index in [0.717, 1.165) is 17.9 Å². The van der Waals surface area contributed by atoms with E-state index in [0.29, 0.717) is 19.3 Å². The molecule has 1 fully saturated rings. The summed E-state index contributed by atoms with van der Waals surface area (Å²) >= 11 is 0. The molecule has 0 bridgehead atoms. The van der Waals surface area contributed by atoms with Crippen LogP contribution in [0, 0.1) is 0 Å². The molecule has 1 N–H and O–H groups in total. The summed E-state index contributed by atoms with van der Waals surface area (Å²) in [6.45, 7) is 2.02. The largest absolute Gasteiger partial charge is 0.487 e. The Labute approximate surface area is 115 Å². The summed E-state index contributed by atoms with van der Waals surface area (Å²) in [4.78, 5) is 0. The van der Waals surface area contributed by atoms with Crippen molar-refractivity contribution in [3.63, 3.8) is 0 Å². The monoisotopic (exact) mass is 265 g/mol. The van der Waals surface area contributed by atoms with E-state index in [1.54, 1.807) is 14.2 Å². The molecule has 106 valence electrons. The molecule has 1 aliphatic rings. The van der Waals surface area contributed by atoms with Gasteiger partial charge in [-0.1, -0.05) is 12.1 Å². The minimum Gasteiger partial charge on any atom is -0.487 e. The van der Waals surface area contributed by atoms with Crippen molar-refractivity contribution >= 4 is 0 Å². The van der Waals surface area contributed by atoms with E-state index in [4.69, 9.17) is 14.2 Å². The van der Waals surface area contributed by atoms with Gasteiger partial charge in [0, 0.05) is 26.8 Å². The molecular formula is C15H23NO3. The predicted octanol–water partition coefficient (Wildman–Crippen LogP) is 1.98. The van der Waals surface area contributed by atoms with Gasteiger partial charge in [0.05, 0.1) is 13.2 Å². The molecule has 4 heteroatoms. The number of rotatable bonds is 9. The molecule has 0 spiro atoms. The molecule has 1 saturated carbocycles. The van der Waals surface area contributed by atoms with Crippen molar-refractivity contribution in [3.8, 4) is 5.75 Å². The van der Waals surface area contributed by atoms with E-state index >= 15 is 0 Å². The predicted molar refractivity (Wildman–Crippen MR) is 74.5 cm³/mol. The lowest BCUT2D eigenvalue weighted by atomic mass is 10.2. The molecule has 0 saturated heterocycles. The van der Waals surface area contributed by atoms with Crippen LogP contribution in [0.15, 0.2) is 24.3 Å². The Morgan fingerprint density at radius 1 is 1.26 bits per heavy atom. The molecule has 0 aliphatic heterocycles. The maximum atomic E-state index is 5.98. The number of benzene rings is 1. The second-order valence-corrected chi connectivity index (χ2v) is 4.96. The minimum absolute atomic E-state index is 0.0448. The minimum atomic E-state index is 0.0448. The number of hydrogen-bond acceptors (Lipinski definition) is 4. The van der Waals surface area contributed by atoms with Gasteiger partial charge < -0.3 is 19.5 Å². The van der Waals surface area contributed by atoms with Crippen LogP contribution in [0.2, 0.25) is 0 Å². The Balaban J connectivity index is 1.88. The SMILES string of the molecule is COCc1cccc(OC(CNC2CC2)COC)c1. The number of methoxy groups -OCH3 is 2. The molecule has 2 rings (SSSR count). The molecule has 1 atom stereocenters. The van der Waals surface area contributed by atoms with E-state index in [1.807, 2.05) is 24.3 Å². The highest BCUT2D eigenvalue weighted by atomic mass is 16.5. The normalized spacial score (nSPS) is 16.3. The highest BCUT2D eigenvalue weighted by Crippen LogP contribution is 2.19. The Morgan fingerprint density at radius 2 is 2.11 bits per heavy atom. The first-order valence-electron chi connectivity index (χ1n) is 6.78. The highest BCUT2D eigenvalue weighted by molar-refractivity contribution is 5.28. The quantitative estimate of drug-likeness (QED) is 0.741. The van der Waals surface area contributed by atoms with E-state index in [2.05, 4.69) is 5.32 Å². The molecule has 0 heterocycles. The van der Waals surface area contributed by atoms with Crippen molar-refractivity contribution in [2.75, 3.05) is 27.4 Å². The fourth-order valence-corrected chi connectivity index (χ4v) is 1.97. The number of nitrogens with one attached hydrogen (secondary N) is 1. The van der Waals surface area contributed by atoms with E-state index < -0.39 is 0 Å². The van der Waals surface area contributed by atoms with Crippen LogP contribution >= 0.6 is 0 Å². The molecule has 1 aromatic carbocycles. The van der Waals surface area contributed by atoms with Crippen LogP contribution in [-0.4, -0.2) is 39.5 Å². The summed E-state index contributed by atoms with van der Waals surface area (Å²) in [5, 5.41) is 3.47.